The highest BCUT2D eigenvalue weighted by Crippen LogP contribution is 2.45. The summed E-state index contributed by atoms with van der Waals surface area (Å²) in [6, 6.07) is 18.7. The van der Waals surface area contributed by atoms with Crippen molar-refractivity contribution in [1.29, 1.82) is 0 Å². The fourth-order valence-electron chi connectivity index (χ4n) is 4.42. The van der Waals surface area contributed by atoms with Crippen LogP contribution in [0.25, 0.3) is 0 Å². The third kappa shape index (κ3) is 4.28. The normalized spacial score (nSPS) is 26.0. The number of nitrogens with zero attached hydrogens (tertiary/aromatic N) is 1. The van der Waals surface area contributed by atoms with Gasteiger partial charge in [0.15, 0.2) is 0 Å². The van der Waals surface area contributed by atoms with Crippen molar-refractivity contribution >= 4 is 0 Å². The summed E-state index contributed by atoms with van der Waals surface area (Å²) in [7, 11) is 5.86. The molecule has 2 aromatic carbocycles. The first kappa shape index (κ1) is 18.9. The number of methoxy groups -OCH3 is 1. The Hall–Kier alpha value is -1.84. The van der Waals surface area contributed by atoms with Gasteiger partial charge in [-0.25, -0.2) is 0 Å². The van der Waals surface area contributed by atoms with Crippen molar-refractivity contribution in [3.8, 4) is 5.75 Å². The Kier molecular flexibility index (Phi) is 6.00. The lowest BCUT2D eigenvalue weighted by atomic mass is 9.66. The van der Waals surface area contributed by atoms with E-state index >= 15 is 0 Å². The minimum atomic E-state index is -0.786. The van der Waals surface area contributed by atoms with E-state index in [1.165, 1.54) is 5.56 Å². The molecule has 0 heterocycles. The van der Waals surface area contributed by atoms with Crippen LogP contribution in [0.4, 0.5) is 0 Å². The van der Waals surface area contributed by atoms with Crippen LogP contribution in [-0.4, -0.2) is 37.8 Å². The van der Waals surface area contributed by atoms with Crippen molar-refractivity contribution < 1.29 is 9.84 Å². The fraction of sp³-hybridized carbons (Fsp3) is 0.478. The van der Waals surface area contributed by atoms with Gasteiger partial charge in [-0.2, -0.15) is 0 Å². The molecule has 3 atom stereocenters. The first-order valence-corrected chi connectivity index (χ1v) is 9.57. The quantitative estimate of drug-likeness (QED) is 0.848. The molecule has 3 rings (SSSR count). The molecule has 3 heteroatoms. The highest BCUT2D eigenvalue weighted by molar-refractivity contribution is 5.33. The molecule has 140 valence electrons. The molecule has 1 fully saturated rings. The number of ether oxygens (including phenoxy) is 1. The average Bonchev–Trinajstić information content (AvgIpc) is 2.65. The molecule has 0 bridgehead atoms. The van der Waals surface area contributed by atoms with Gasteiger partial charge in [0.2, 0.25) is 0 Å². The van der Waals surface area contributed by atoms with Gasteiger partial charge in [-0.05, 0) is 69.0 Å². The van der Waals surface area contributed by atoms with E-state index < -0.39 is 5.60 Å². The van der Waals surface area contributed by atoms with Crippen LogP contribution in [0.2, 0.25) is 0 Å². The van der Waals surface area contributed by atoms with Crippen molar-refractivity contribution in [2.45, 2.75) is 31.3 Å². The van der Waals surface area contributed by atoms with Gasteiger partial charge in [0, 0.05) is 12.5 Å². The standard InChI is InChI=1S/C23H31NO2/c1-24(2)17-21-15-19(14-18-8-5-4-6-9-18)12-13-23(21,25)20-10-7-11-22(16-20)26-3/h4-11,16,19,21,25H,12-15,17H2,1-3H3. The zero-order chi connectivity index (χ0) is 18.6. The van der Waals surface area contributed by atoms with E-state index in [1.54, 1.807) is 7.11 Å². The van der Waals surface area contributed by atoms with Crippen LogP contribution in [0.3, 0.4) is 0 Å². The molecule has 2 aromatic rings. The molecular weight excluding hydrogens is 322 g/mol. The van der Waals surface area contributed by atoms with E-state index in [0.29, 0.717) is 5.92 Å². The van der Waals surface area contributed by atoms with Crippen LogP contribution < -0.4 is 4.74 Å². The van der Waals surface area contributed by atoms with Crippen LogP contribution in [0.15, 0.2) is 54.6 Å². The second kappa shape index (κ2) is 8.24. The van der Waals surface area contributed by atoms with Crippen molar-refractivity contribution in [1.82, 2.24) is 4.90 Å². The molecule has 3 unspecified atom stereocenters. The van der Waals surface area contributed by atoms with Gasteiger partial charge in [0.25, 0.3) is 0 Å². The van der Waals surface area contributed by atoms with Gasteiger partial charge < -0.3 is 14.7 Å². The van der Waals surface area contributed by atoms with E-state index in [4.69, 9.17) is 4.74 Å². The van der Waals surface area contributed by atoms with Gasteiger partial charge in [-0.3, -0.25) is 0 Å². The third-order valence-corrected chi connectivity index (χ3v) is 5.75. The summed E-state index contributed by atoms with van der Waals surface area (Å²) in [6.45, 7) is 0.888. The second-order valence-electron chi connectivity index (χ2n) is 7.95. The van der Waals surface area contributed by atoms with E-state index in [1.807, 2.05) is 24.3 Å². The van der Waals surface area contributed by atoms with Crippen molar-refractivity contribution in [3.63, 3.8) is 0 Å². The topological polar surface area (TPSA) is 32.7 Å². The molecule has 1 aliphatic carbocycles. The molecule has 0 aromatic heterocycles. The van der Waals surface area contributed by atoms with Gasteiger partial charge in [-0.1, -0.05) is 42.5 Å². The minimum absolute atomic E-state index is 0.215. The average molecular weight is 354 g/mol. The summed E-state index contributed by atoms with van der Waals surface area (Å²) in [4.78, 5) is 2.20. The zero-order valence-corrected chi connectivity index (χ0v) is 16.2. The number of hydrogen-bond donors (Lipinski definition) is 1. The van der Waals surface area contributed by atoms with Crippen molar-refractivity contribution in [2.75, 3.05) is 27.7 Å². The summed E-state index contributed by atoms with van der Waals surface area (Å²) in [6.07, 6.45) is 3.99. The molecule has 1 saturated carbocycles. The molecule has 26 heavy (non-hydrogen) atoms. The molecule has 1 aliphatic rings. The minimum Gasteiger partial charge on any atom is -0.497 e. The Morgan fingerprint density at radius 2 is 1.88 bits per heavy atom. The number of aliphatic hydroxyl groups is 1. The maximum Gasteiger partial charge on any atom is 0.119 e. The summed E-state index contributed by atoms with van der Waals surface area (Å²) < 4.78 is 5.39. The lowest BCUT2D eigenvalue weighted by Gasteiger charge is -2.44. The summed E-state index contributed by atoms with van der Waals surface area (Å²) in [5.74, 6) is 1.64. The number of hydrogen-bond acceptors (Lipinski definition) is 3. The van der Waals surface area contributed by atoms with Crippen LogP contribution in [0.1, 0.15) is 30.4 Å². The number of benzene rings is 2. The summed E-state index contributed by atoms with van der Waals surface area (Å²) >= 11 is 0. The smallest absolute Gasteiger partial charge is 0.119 e. The zero-order valence-electron chi connectivity index (χ0n) is 16.2. The molecule has 0 saturated heterocycles. The SMILES string of the molecule is COc1cccc(C2(O)CCC(Cc3ccccc3)CC2CN(C)C)c1. The van der Waals surface area contributed by atoms with Crippen LogP contribution in [-0.2, 0) is 12.0 Å². The van der Waals surface area contributed by atoms with Crippen molar-refractivity contribution in [3.05, 3.63) is 65.7 Å². The molecular formula is C23H31NO2. The third-order valence-electron chi connectivity index (χ3n) is 5.75. The molecule has 0 radical (unpaired) electrons. The highest BCUT2D eigenvalue weighted by atomic mass is 16.5. The Balaban J connectivity index is 1.81. The fourth-order valence-corrected chi connectivity index (χ4v) is 4.42. The molecule has 0 spiro atoms. The maximum atomic E-state index is 11.7. The molecule has 0 amide bonds. The maximum absolute atomic E-state index is 11.7. The predicted molar refractivity (Wildman–Crippen MR) is 106 cm³/mol. The Bertz CT molecular complexity index is 700. The van der Waals surface area contributed by atoms with Crippen molar-refractivity contribution in [2.24, 2.45) is 11.8 Å². The van der Waals surface area contributed by atoms with Crippen LogP contribution in [0, 0.1) is 11.8 Å². The van der Waals surface area contributed by atoms with Crippen LogP contribution in [0.5, 0.6) is 5.75 Å². The van der Waals surface area contributed by atoms with Gasteiger partial charge in [0.05, 0.1) is 12.7 Å². The Labute approximate surface area is 157 Å². The van der Waals surface area contributed by atoms with Gasteiger partial charge >= 0.3 is 0 Å². The van der Waals surface area contributed by atoms with E-state index in [0.717, 1.165) is 43.5 Å². The number of rotatable bonds is 6. The first-order chi connectivity index (χ1) is 12.5. The first-order valence-electron chi connectivity index (χ1n) is 9.57. The summed E-state index contributed by atoms with van der Waals surface area (Å²) in [5.41, 5.74) is 1.60. The molecule has 0 aliphatic heterocycles. The Morgan fingerprint density at radius 1 is 1.12 bits per heavy atom. The molecule has 1 N–H and O–H groups in total. The highest BCUT2D eigenvalue weighted by Gasteiger charge is 2.43. The summed E-state index contributed by atoms with van der Waals surface area (Å²) in [5, 5.41) is 11.7. The lowest BCUT2D eigenvalue weighted by Crippen LogP contribution is -2.45. The Morgan fingerprint density at radius 3 is 2.58 bits per heavy atom. The van der Waals surface area contributed by atoms with E-state index in [-0.39, 0.29) is 5.92 Å². The molecule has 3 nitrogen and oxygen atoms in total. The van der Waals surface area contributed by atoms with Crippen LogP contribution >= 0.6 is 0 Å². The second-order valence-corrected chi connectivity index (χ2v) is 7.95. The van der Waals surface area contributed by atoms with Gasteiger partial charge in [-0.15, -0.1) is 0 Å². The van der Waals surface area contributed by atoms with E-state index in [9.17, 15) is 5.11 Å². The largest absolute Gasteiger partial charge is 0.497 e. The lowest BCUT2D eigenvalue weighted by molar-refractivity contribution is -0.0753. The van der Waals surface area contributed by atoms with E-state index in [2.05, 4.69) is 49.3 Å². The monoisotopic (exact) mass is 353 g/mol. The predicted octanol–water partition coefficient (Wildman–Crippen LogP) is 4.10. The van der Waals surface area contributed by atoms with Gasteiger partial charge in [0.1, 0.15) is 5.75 Å².